The molecule has 0 atom stereocenters. The summed E-state index contributed by atoms with van der Waals surface area (Å²) in [6.45, 7) is 3.70. The van der Waals surface area contributed by atoms with Crippen LogP contribution >= 0.6 is 23.1 Å². The Morgan fingerprint density at radius 2 is 1.93 bits per heavy atom. The van der Waals surface area contributed by atoms with Crippen LogP contribution < -0.4 is 10.6 Å². The summed E-state index contributed by atoms with van der Waals surface area (Å²) in [5.74, 6) is 0.908. The summed E-state index contributed by atoms with van der Waals surface area (Å²) in [5.41, 5.74) is 2.54. The van der Waals surface area contributed by atoms with Crippen molar-refractivity contribution in [2.45, 2.75) is 13.8 Å². The van der Waals surface area contributed by atoms with Gasteiger partial charge in [-0.25, -0.2) is 4.98 Å². The maximum absolute atomic E-state index is 12.1. The second kappa shape index (κ2) is 8.83. The van der Waals surface area contributed by atoms with Crippen LogP contribution in [0.25, 0.3) is 11.3 Å². The Balaban J connectivity index is 1.46. The number of benzene rings is 1. The number of rotatable bonds is 7. The topological polar surface area (TPSA) is 97.1 Å². The predicted molar refractivity (Wildman–Crippen MR) is 108 cm³/mol. The quantitative estimate of drug-likeness (QED) is 0.625. The molecule has 0 bridgehead atoms. The highest BCUT2D eigenvalue weighted by atomic mass is 32.2. The first-order valence-corrected chi connectivity index (χ1v) is 10.2. The fourth-order valence-corrected chi connectivity index (χ4v) is 3.53. The summed E-state index contributed by atoms with van der Waals surface area (Å²) in [6.07, 6.45) is 0. The standard InChI is InChI=1S/C18H18N4O3S2/c1-11-6-16(22-25-11)21-18(24)10-26-9-17(23)20-14-5-3-4-13(7-14)15-8-27-12(2)19-15/h3-8H,9-10H2,1-2H3,(H,20,23)(H,21,22,24). The lowest BCUT2D eigenvalue weighted by molar-refractivity contribution is -0.114. The van der Waals surface area contributed by atoms with Gasteiger partial charge >= 0.3 is 0 Å². The molecular weight excluding hydrogens is 384 g/mol. The number of anilines is 2. The van der Waals surface area contributed by atoms with Gasteiger partial charge in [0.05, 0.1) is 22.2 Å². The first-order valence-electron chi connectivity index (χ1n) is 8.13. The van der Waals surface area contributed by atoms with Crippen molar-refractivity contribution in [3.8, 4) is 11.3 Å². The van der Waals surface area contributed by atoms with Gasteiger partial charge in [0.15, 0.2) is 5.82 Å². The number of nitrogens with zero attached hydrogens (tertiary/aromatic N) is 2. The number of aromatic nitrogens is 2. The van der Waals surface area contributed by atoms with Crippen molar-refractivity contribution in [3.05, 3.63) is 46.5 Å². The van der Waals surface area contributed by atoms with E-state index in [1.165, 1.54) is 11.8 Å². The van der Waals surface area contributed by atoms with Crippen LogP contribution in [-0.2, 0) is 9.59 Å². The molecule has 1 aromatic carbocycles. The van der Waals surface area contributed by atoms with E-state index in [0.29, 0.717) is 17.3 Å². The lowest BCUT2D eigenvalue weighted by Gasteiger charge is -2.06. The van der Waals surface area contributed by atoms with Crippen molar-refractivity contribution >= 4 is 46.4 Å². The van der Waals surface area contributed by atoms with Gasteiger partial charge in [0.25, 0.3) is 0 Å². The summed E-state index contributed by atoms with van der Waals surface area (Å²) >= 11 is 2.81. The third kappa shape index (κ3) is 5.66. The molecular formula is C18H18N4O3S2. The van der Waals surface area contributed by atoms with Gasteiger partial charge in [-0.1, -0.05) is 17.3 Å². The van der Waals surface area contributed by atoms with E-state index in [0.717, 1.165) is 16.3 Å². The molecule has 0 aliphatic carbocycles. The van der Waals surface area contributed by atoms with Crippen LogP contribution in [0.5, 0.6) is 0 Å². The maximum Gasteiger partial charge on any atom is 0.235 e. The van der Waals surface area contributed by atoms with Crippen molar-refractivity contribution in [1.29, 1.82) is 0 Å². The van der Waals surface area contributed by atoms with Crippen LogP contribution in [0.2, 0.25) is 0 Å². The molecule has 27 heavy (non-hydrogen) atoms. The molecule has 0 unspecified atom stereocenters. The van der Waals surface area contributed by atoms with Crippen molar-refractivity contribution < 1.29 is 14.1 Å². The first kappa shape index (κ1) is 19.1. The molecule has 2 heterocycles. The molecule has 0 radical (unpaired) electrons. The minimum Gasteiger partial charge on any atom is -0.360 e. The molecule has 140 valence electrons. The zero-order valence-corrected chi connectivity index (χ0v) is 16.4. The highest BCUT2D eigenvalue weighted by Crippen LogP contribution is 2.24. The number of carbonyl (C=O) groups excluding carboxylic acids is 2. The van der Waals surface area contributed by atoms with Crippen molar-refractivity contribution in [3.63, 3.8) is 0 Å². The second-order valence-corrected chi connectivity index (χ2v) is 7.79. The van der Waals surface area contributed by atoms with Gasteiger partial charge < -0.3 is 15.2 Å². The largest absolute Gasteiger partial charge is 0.360 e. The Hall–Kier alpha value is -2.65. The number of thioether (sulfide) groups is 1. The number of aryl methyl sites for hydroxylation is 2. The minimum atomic E-state index is -0.234. The van der Waals surface area contributed by atoms with Gasteiger partial charge in [-0.3, -0.25) is 9.59 Å². The van der Waals surface area contributed by atoms with E-state index in [1.54, 1.807) is 24.3 Å². The Morgan fingerprint density at radius 3 is 2.59 bits per heavy atom. The zero-order valence-electron chi connectivity index (χ0n) is 14.8. The van der Waals surface area contributed by atoms with Crippen LogP contribution in [0.3, 0.4) is 0 Å². The molecule has 0 fully saturated rings. The normalized spacial score (nSPS) is 10.6. The monoisotopic (exact) mass is 402 g/mol. The summed E-state index contributed by atoms with van der Waals surface area (Å²) in [4.78, 5) is 28.4. The summed E-state index contributed by atoms with van der Waals surface area (Å²) in [7, 11) is 0. The Bertz CT molecular complexity index is 951. The molecule has 0 spiro atoms. The average molecular weight is 403 g/mol. The van der Waals surface area contributed by atoms with Crippen molar-refractivity contribution in [2.24, 2.45) is 0 Å². The molecule has 0 saturated carbocycles. The van der Waals surface area contributed by atoms with Crippen LogP contribution in [0.15, 0.2) is 40.2 Å². The number of carbonyl (C=O) groups is 2. The van der Waals surface area contributed by atoms with E-state index >= 15 is 0 Å². The maximum atomic E-state index is 12.1. The molecule has 3 rings (SSSR count). The average Bonchev–Trinajstić information content (AvgIpc) is 3.23. The molecule has 7 nitrogen and oxygen atoms in total. The fourth-order valence-electron chi connectivity index (χ4n) is 2.29. The van der Waals surface area contributed by atoms with E-state index in [4.69, 9.17) is 4.52 Å². The Kier molecular flexibility index (Phi) is 6.25. The zero-order chi connectivity index (χ0) is 19.2. The SMILES string of the molecule is Cc1cc(NC(=O)CSCC(=O)Nc2cccc(-c3csc(C)n3)c2)no1. The number of hydrogen-bond donors (Lipinski definition) is 2. The van der Waals surface area contributed by atoms with Crippen LogP contribution in [0.1, 0.15) is 10.8 Å². The first-order chi connectivity index (χ1) is 13.0. The fraction of sp³-hybridized carbons (Fsp3) is 0.222. The lowest BCUT2D eigenvalue weighted by atomic mass is 10.1. The molecule has 2 amide bonds. The van der Waals surface area contributed by atoms with E-state index in [9.17, 15) is 9.59 Å². The van der Waals surface area contributed by atoms with Crippen molar-refractivity contribution in [2.75, 3.05) is 22.1 Å². The molecule has 2 aromatic heterocycles. The molecule has 9 heteroatoms. The van der Waals surface area contributed by atoms with Crippen LogP contribution in [-0.4, -0.2) is 33.5 Å². The van der Waals surface area contributed by atoms with Gasteiger partial charge in [-0.15, -0.1) is 23.1 Å². The third-order valence-corrected chi connectivity index (χ3v) is 5.13. The Labute approximate surface area is 164 Å². The van der Waals surface area contributed by atoms with Gasteiger partial charge in [0.2, 0.25) is 11.8 Å². The molecule has 0 saturated heterocycles. The molecule has 0 aliphatic heterocycles. The van der Waals surface area contributed by atoms with E-state index in [2.05, 4.69) is 20.8 Å². The van der Waals surface area contributed by atoms with Gasteiger partial charge in [0.1, 0.15) is 5.76 Å². The number of nitrogens with one attached hydrogen (secondary N) is 2. The van der Waals surface area contributed by atoms with E-state index < -0.39 is 0 Å². The van der Waals surface area contributed by atoms with Gasteiger partial charge in [-0.05, 0) is 26.0 Å². The predicted octanol–water partition coefficient (Wildman–Crippen LogP) is 3.73. The van der Waals surface area contributed by atoms with E-state index in [1.807, 2.05) is 36.6 Å². The van der Waals surface area contributed by atoms with Crippen LogP contribution in [0.4, 0.5) is 11.5 Å². The summed E-state index contributed by atoms with van der Waals surface area (Å²) in [5, 5.41) is 12.1. The summed E-state index contributed by atoms with van der Waals surface area (Å²) < 4.78 is 4.88. The summed E-state index contributed by atoms with van der Waals surface area (Å²) in [6, 6.07) is 9.17. The third-order valence-electron chi connectivity index (χ3n) is 3.42. The highest BCUT2D eigenvalue weighted by molar-refractivity contribution is 8.00. The number of thiazole rings is 1. The van der Waals surface area contributed by atoms with Gasteiger partial charge in [-0.2, -0.15) is 0 Å². The van der Waals surface area contributed by atoms with Gasteiger partial charge in [0, 0.05) is 22.7 Å². The molecule has 3 aromatic rings. The lowest BCUT2D eigenvalue weighted by Crippen LogP contribution is -2.18. The number of hydrogen-bond acceptors (Lipinski definition) is 7. The smallest absolute Gasteiger partial charge is 0.235 e. The van der Waals surface area contributed by atoms with Crippen LogP contribution in [0, 0.1) is 13.8 Å². The van der Waals surface area contributed by atoms with E-state index in [-0.39, 0.29) is 23.3 Å². The molecule has 0 aliphatic rings. The van der Waals surface area contributed by atoms with Crippen molar-refractivity contribution in [1.82, 2.24) is 10.1 Å². The highest BCUT2D eigenvalue weighted by Gasteiger charge is 2.09. The molecule has 2 N–H and O–H groups in total. The number of amides is 2. The second-order valence-electron chi connectivity index (χ2n) is 5.74. The minimum absolute atomic E-state index is 0.150. The Morgan fingerprint density at radius 1 is 1.15 bits per heavy atom.